The Morgan fingerprint density at radius 3 is 2.35 bits per heavy atom. The number of rotatable bonds is 4. The molecule has 1 aliphatic heterocycles. The van der Waals surface area contributed by atoms with Gasteiger partial charge < -0.3 is 9.80 Å². The summed E-state index contributed by atoms with van der Waals surface area (Å²) in [5.41, 5.74) is 4.64. The highest BCUT2D eigenvalue weighted by atomic mass is 19.1. The first-order chi connectivity index (χ1) is 14.8. The van der Waals surface area contributed by atoms with Crippen LogP contribution in [-0.2, 0) is 24.3 Å². The van der Waals surface area contributed by atoms with E-state index in [2.05, 4.69) is 30.8 Å². The van der Waals surface area contributed by atoms with Crippen LogP contribution >= 0.6 is 0 Å². The Balaban J connectivity index is 1.35. The fraction of sp³-hybridized carbons (Fsp3) is 0.600. The minimum Gasteiger partial charge on any atom is -0.336 e. The molecule has 3 fully saturated rings. The van der Waals surface area contributed by atoms with Gasteiger partial charge in [0.05, 0.1) is 24.5 Å². The zero-order chi connectivity index (χ0) is 21.8. The molecule has 5 nitrogen and oxygen atoms in total. The summed E-state index contributed by atoms with van der Waals surface area (Å²) < 4.78 is 15.3. The lowest BCUT2D eigenvalue weighted by Crippen LogP contribution is -2.58. The van der Waals surface area contributed by atoms with Gasteiger partial charge in [0.25, 0.3) is 0 Å². The molecule has 3 aliphatic carbocycles. The molecule has 2 heterocycles. The molecule has 2 bridgehead atoms. The van der Waals surface area contributed by atoms with Crippen LogP contribution in [0.2, 0.25) is 0 Å². The van der Waals surface area contributed by atoms with Crippen molar-refractivity contribution in [1.29, 1.82) is 0 Å². The molecule has 1 aromatic heterocycles. The molecule has 6 heteroatoms. The Labute approximate surface area is 184 Å². The van der Waals surface area contributed by atoms with Gasteiger partial charge in [-0.25, -0.2) is 4.39 Å². The Morgan fingerprint density at radius 2 is 1.74 bits per heavy atom. The van der Waals surface area contributed by atoms with Crippen LogP contribution in [0, 0.1) is 18.2 Å². The van der Waals surface area contributed by atoms with Crippen LogP contribution in [0.15, 0.2) is 24.3 Å². The van der Waals surface area contributed by atoms with E-state index in [1.54, 1.807) is 0 Å². The molecule has 4 aliphatic rings. The quantitative estimate of drug-likeness (QED) is 0.747. The zero-order valence-corrected chi connectivity index (χ0v) is 19.0. The number of hydrogen-bond acceptors (Lipinski definition) is 3. The number of fused-ring (bicyclic) bond motifs is 4. The molecule has 0 radical (unpaired) electrons. The van der Waals surface area contributed by atoms with Gasteiger partial charge in [-0.15, -0.1) is 0 Å². The maximum Gasteiger partial charge on any atom is 0.229 e. The molecule has 0 N–H and O–H groups in total. The predicted molar refractivity (Wildman–Crippen MR) is 118 cm³/mol. The molecular weight excluding hydrogens is 391 g/mol. The van der Waals surface area contributed by atoms with E-state index in [-0.39, 0.29) is 11.2 Å². The van der Waals surface area contributed by atoms with Gasteiger partial charge in [-0.1, -0.05) is 12.1 Å². The average Bonchev–Trinajstić information content (AvgIpc) is 3.10. The largest absolute Gasteiger partial charge is 0.336 e. The van der Waals surface area contributed by atoms with Gasteiger partial charge in [0.1, 0.15) is 5.82 Å². The summed E-state index contributed by atoms with van der Waals surface area (Å²) in [4.78, 5) is 18.3. The van der Waals surface area contributed by atoms with E-state index in [0.29, 0.717) is 24.5 Å². The van der Waals surface area contributed by atoms with Crippen LogP contribution in [0.1, 0.15) is 61.0 Å². The van der Waals surface area contributed by atoms with Crippen molar-refractivity contribution in [1.82, 2.24) is 19.6 Å². The third kappa shape index (κ3) is 3.39. The van der Waals surface area contributed by atoms with Crippen LogP contribution in [0.25, 0.3) is 0 Å². The average molecular weight is 425 g/mol. The number of amides is 1. The lowest BCUT2D eigenvalue weighted by molar-refractivity contribution is -0.153. The number of carbonyl (C=O) groups excluding carboxylic acids is 1. The van der Waals surface area contributed by atoms with Gasteiger partial charge in [-0.2, -0.15) is 5.10 Å². The van der Waals surface area contributed by atoms with Gasteiger partial charge in [-0.05, 0) is 89.2 Å². The number of carbonyl (C=O) groups is 1. The number of nitrogens with zero attached hydrogens (tertiary/aromatic N) is 4. The first-order valence-corrected chi connectivity index (χ1v) is 11.6. The van der Waals surface area contributed by atoms with Gasteiger partial charge in [0, 0.05) is 17.5 Å². The monoisotopic (exact) mass is 424 g/mol. The van der Waals surface area contributed by atoms with Crippen LogP contribution in [0.4, 0.5) is 4.39 Å². The minimum absolute atomic E-state index is 0.161. The normalized spacial score (nSPS) is 27.6. The maximum absolute atomic E-state index is 13.8. The van der Waals surface area contributed by atoms with Crippen molar-refractivity contribution in [3.05, 3.63) is 52.6 Å². The van der Waals surface area contributed by atoms with Crippen molar-refractivity contribution in [2.45, 2.75) is 70.5 Å². The molecule has 166 valence electrons. The summed E-state index contributed by atoms with van der Waals surface area (Å²) in [6.45, 7) is 4.08. The number of aromatic nitrogens is 2. The second kappa shape index (κ2) is 7.44. The number of halogens is 1. The molecule has 31 heavy (non-hydrogen) atoms. The number of hydrogen-bond donors (Lipinski definition) is 0. The van der Waals surface area contributed by atoms with E-state index in [1.807, 2.05) is 16.8 Å². The molecular formula is C25H33FN4O. The maximum atomic E-state index is 13.8. The lowest BCUT2D eigenvalue weighted by atomic mass is 9.56. The van der Waals surface area contributed by atoms with Crippen molar-refractivity contribution < 1.29 is 9.18 Å². The lowest BCUT2D eigenvalue weighted by Gasteiger charge is -2.56. The third-order valence-electron chi connectivity index (χ3n) is 8.48. The fourth-order valence-electron chi connectivity index (χ4n) is 6.24. The van der Waals surface area contributed by atoms with Crippen molar-refractivity contribution in [2.75, 3.05) is 20.6 Å². The molecule has 0 spiro atoms. The summed E-state index contributed by atoms with van der Waals surface area (Å²) >= 11 is 0. The van der Waals surface area contributed by atoms with Crippen LogP contribution < -0.4 is 0 Å². The smallest absolute Gasteiger partial charge is 0.229 e. The molecule has 0 atom stereocenters. The zero-order valence-electron chi connectivity index (χ0n) is 19.0. The van der Waals surface area contributed by atoms with E-state index in [0.717, 1.165) is 68.4 Å². The first-order valence-electron chi connectivity index (χ1n) is 11.6. The van der Waals surface area contributed by atoms with Gasteiger partial charge in [-0.3, -0.25) is 9.48 Å². The van der Waals surface area contributed by atoms with E-state index in [1.165, 1.54) is 17.7 Å². The Morgan fingerprint density at radius 1 is 1.10 bits per heavy atom. The Bertz CT molecular complexity index is 969. The van der Waals surface area contributed by atoms with Crippen molar-refractivity contribution in [3.63, 3.8) is 0 Å². The van der Waals surface area contributed by atoms with Gasteiger partial charge in [0.2, 0.25) is 5.91 Å². The van der Waals surface area contributed by atoms with Crippen LogP contribution in [0.5, 0.6) is 0 Å². The Kier molecular flexibility index (Phi) is 4.96. The molecule has 6 rings (SSSR count). The highest BCUT2D eigenvalue weighted by Crippen LogP contribution is 2.55. The topological polar surface area (TPSA) is 41.4 Å². The molecule has 0 unspecified atom stereocenters. The molecule has 2 aromatic rings. The molecule has 1 amide bonds. The summed E-state index contributed by atoms with van der Waals surface area (Å²) in [7, 11) is 4.38. The molecule has 0 saturated heterocycles. The summed E-state index contributed by atoms with van der Waals surface area (Å²) in [6, 6.07) is 6.61. The SMILES string of the molecule is Cc1nn(Cc2ccc(F)cc2)c2c1CCN(C(=O)C13CCC(N(C)C)(CC1)CC3)C2. The van der Waals surface area contributed by atoms with Gasteiger partial charge in [0.15, 0.2) is 0 Å². The van der Waals surface area contributed by atoms with Crippen LogP contribution in [-0.4, -0.2) is 51.7 Å². The predicted octanol–water partition coefficient (Wildman–Crippen LogP) is 3.92. The van der Waals surface area contributed by atoms with E-state index in [9.17, 15) is 9.18 Å². The van der Waals surface area contributed by atoms with E-state index < -0.39 is 0 Å². The number of benzene rings is 1. The number of aryl methyl sites for hydroxylation is 1. The summed E-state index contributed by atoms with van der Waals surface area (Å²) in [5, 5.41) is 4.77. The van der Waals surface area contributed by atoms with Crippen molar-refractivity contribution in [2.24, 2.45) is 5.41 Å². The second-order valence-corrected chi connectivity index (χ2v) is 10.2. The summed E-state index contributed by atoms with van der Waals surface area (Å²) in [5.74, 6) is 0.133. The highest BCUT2D eigenvalue weighted by Gasteiger charge is 2.54. The second-order valence-electron chi connectivity index (χ2n) is 10.2. The van der Waals surface area contributed by atoms with E-state index >= 15 is 0 Å². The molecule has 3 saturated carbocycles. The van der Waals surface area contributed by atoms with Gasteiger partial charge >= 0.3 is 0 Å². The van der Waals surface area contributed by atoms with Crippen molar-refractivity contribution >= 4 is 5.91 Å². The third-order valence-corrected chi connectivity index (χ3v) is 8.48. The molecule has 1 aromatic carbocycles. The van der Waals surface area contributed by atoms with E-state index in [4.69, 9.17) is 5.10 Å². The fourth-order valence-corrected chi connectivity index (χ4v) is 6.24. The standard InChI is InChI=1S/C25H33FN4O/c1-18-21-8-15-29(17-22(21)30(27-18)16-19-4-6-20(26)7-5-19)23(31)24-9-12-25(13-10-24,14-11-24)28(2)3/h4-7H,8-17H2,1-3H3. The Hall–Kier alpha value is -2.21. The van der Waals surface area contributed by atoms with Crippen molar-refractivity contribution in [3.8, 4) is 0 Å². The summed E-state index contributed by atoms with van der Waals surface area (Å²) in [6.07, 6.45) is 7.31. The minimum atomic E-state index is -0.225. The van der Waals surface area contributed by atoms with Crippen LogP contribution in [0.3, 0.4) is 0 Å². The first kappa shape index (κ1) is 20.7. The highest BCUT2D eigenvalue weighted by molar-refractivity contribution is 5.83.